The Morgan fingerprint density at radius 1 is 0.621 bits per heavy atom. The third-order valence-corrected chi connectivity index (χ3v) is 5.82. The maximum Gasteiger partial charge on any atom is 0.0547 e. The molecule has 0 radical (unpaired) electrons. The molecule has 0 N–H and O–H groups in total. The Kier molecular flexibility index (Phi) is 4.24. The van der Waals surface area contributed by atoms with Crippen LogP contribution in [0.5, 0.6) is 0 Å². The number of rotatable bonds is 3. The van der Waals surface area contributed by atoms with Crippen LogP contribution in [0.3, 0.4) is 0 Å². The zero-order chi connectivity index (χ0) is 20.0. The van der Waals surface area contributed by atoms with Gasteiger partial charge in [0.05, 0.1) is 11.0 Å². The quantitative estimate of drug-likeness (QED) is 0.302. The van der Waals surface area contributed by atoms with Gasteiger partial charge in [0.2, 0.25) is 0 Å². The number of aryl methyl sites for hydroxylation is 1. The minimum Gasteiger partial charge on any atom is -0.309 e. The summed E-state index contributed by atoms with van der Waals surface area (Å²) in [5, 5.41) is 2.60. The van der Waals surface area contributed by atoms with E-state index in [1.807, 2.05) is 0 Å². The molecule has 1 aromatic heterocycles. The van der Waals surface area contributed by atoms with Crippen molar-refractivity contribution in [3.05, 3.63) is 102 Å². The zero-order valence-electron chi connectivity index (χ0n) is 17.2. The van der Waals surface area contributed by atoms with Gasteiger partial charge in [-0.3, -0.25) is 0 Å². The molecule has 0 aliphatic rings. The van der Waals surface area contributed by atoms with Gasteiger partial charge in [0.25, 0.3) is 0 Å². The van der Waals surface area contributed by atoms with Crippen LogP contribution in [0.1, 0.15) is 30.9 Å². The Morgan fingerprint density at radius 2 is 1.31 bits per heavy atom. The summed E-state index contributed by atoms with van der Waals surface area (Å²) in [4.78, 5) is 0. The van der Waals surface area contributed by atoms with E-state index in [2.05, 4.69) is 116 Å². The van der Waals surface area contributed by atoms with Gasteiger partial charge in [-0.15, -0.1) is 0 Å². The fraction of sp³-hybridized carbons (Fsp3) is 0.143. The highest BCUT2D eigenvalue weighted by Gasteiger charge is 2.13. The highest BCUT2D eigenvalue weighted by Crippen LogP contribution is 2.35. The molecule has 0 saturated heterocycles. The summed E-state index contributed by atoms with van der Waals surface area (Å²) in [6, 6.07) is 33.2. The molecular formula is C28H25N. The number of hydrogen-bond donors (Lipinski definition) is 0. The molecular weight excluding hydrogens is 350 g/mol. The van der Waals surface area contributed by atoms with E-state index < -0.39 is 0 Å². The summed E-state index contributed by atoms with van der Waals surface area (Å²) in [6.07, 6.45) is 0. The lowest BCUT2D eigenvalue weighted by molar-refractivity contribution is 0.867. The molecule has 4 aromatic carbocycles. The smallest absolute Gasteiger partial charge is 0.0547 e. The molecule has 0 bridgehead atoms. The first-order valence-electron chi connectivity index (χ1n) is 10.3. The molecule has 0 aliphatic carbocycles. The van der Waals surface area contributed by atoms with E-state index in [4.69, 9.17) is 0 Å². The molecule has 29 heavy (non-hydrogen) atoms. The van der Waals surface area contributed by atoms with Gasteiger partial charge in [0.1, 0.15) is 0 Å². The number of hydrogen-bond acceptors (Lipinski definition) is 0. The molecule has 1 heteroatoms. The van der Waals surface area contributed by atoms with E-state index in [1.54, 1.807) is 0 Å². The van der Waals surface area contributed by atoms with Crippen LogP contribution in [0, 0.1) is 6.92 Å². The molecule has 5 rings (SSSR count). The number of fused-ring (bicyclic) bond motifs is 3. The van der Waals surface area contributed by atoms with Crippen molar-refractivity contribution >= 4 is 21.8 Å². The Bertz CT molecular complexity index is 1320. The maximum absolute atomic E-state index is 2.40. The third-order valence-electron chi connectivity index (χ3n) is 5.82. The average Bonchev–Trinajstić information content (AvgIpc) is 3.07. The SMILES string of the molecule is Cc1ccc2c3ccc(-c4cccc(C(C)C)c4)cc3n(-c3ccccc3)c2c1. The summed E-state index contributed by atoms with van der Waals surface area (Å²) in [6.45, 7) is 6.66. The summed E-state index contributed by atoms with van der Waals surface area (Å²) in [5.74, 6) is 0.525. The topological polar surface area (TPSA) is 4.93 Å². The highest BCUT2D eigenvalue weighted by atomic mass is 15.0. The normalized spacial score (nSPS) is 11.6. The Labute approximate surface area is 172 Å². The summed E-state index contributed by atoms with van der Waals surface area (Å²) < 4.78 is 2.40. The molecule has 0 fully saturated rings. The first kappa shape index (κ1) is 17.8. The van der Waals surface area contributed by atoms with Crippen molar-refractivity contribution in [2.75, 3.05) is 0 Å². The molecule has 0 aliphatic heterocycles. The molecule has 0 amide bonds. The Morgan fingerprint density at radius 3 is 2.07 bits per heavy atom. The summed E-state index contributed by atoms with van der Waals surface area (Å²) in [5.41, 5.74) is 8.91. The predicted octanol–water partition coefficient (Wildman–Crippen LogP) is 7.88. The molecule has 0 unspecified atom stereocenters. The van der Waals surface area contributed by atoms with Crippen LogP contribution in [-0.2, 0) is 0 Å². The minimum absolute atomic E-state index is 0.525. The second kappa shape index (κ2) is 6.93. The Hall–Kier alpha value is -3.32. The standard InChI is InChI=1S/C28H25N/c1-19(2)21-8-7-9-22(17-21)23-13-15-26-25-14-12-20(3)16-27(25)29(28(26)18-23)24-10-5-4-6-11-24/h4-19H,1-3H3. The van der Waals surface area contributed by atoms with Crippen LogP contribution < -0.4 is 0 Å². The number of aromatic nitrogens is 1. The second-order valence-corrected chi connectivity index (χ2v) is 8.20. The first-order chi connectivity index (χ1) is 14.1. The summed E-state index contributed by atoms with van der Waals surface area (Å²) in [7, 11) is 0. The van der Waals surface area contributed by atoms with Crippen LogP contribution in [0.25, 0.3) is 38.6 Å². The van der Waals surface area contributed by atoms with Crippen molar-refractivity contribution in [3.8, 4) is 16.8 Å². The van der Waals surface area contributed by atoms with Gasteiger partial charge in [0, 0.05) is 16.5 Å². The number of nitrogens with zero attached hydrogens (tertiary/aromatic N) is 1. The van der Waals surface area contributed by atoms with Crippen molar-refractivity contribution in [3.63, 3.8) is 0 Å². The average molecular weight is 376 g/mol. The van der Waals surface area contributed by atoms with Gasteiger partial charge in [-0.2, -0.15) is 0 Å². The van der Waals surface area contributed by atoms with Gasteiger partial charge in [-0.1, -0.05) is 80.6 Å². The van der Waals surface area contributed by atoms with Crippen molar-refractivity contribution < 1.29 is 0 Å². The van der Waals surface area contributed by atoms with E-state index in [1.165, 1.54) is 49.7 Å². The molecule has 0 spiro atoms. The number of benzene rings is 4. The largest absolute Gasteiger partial charge is 0.309 e. The lowest BCUT2D eigenvalue weighted by Crippen LogP contribution is -1.94. The van der Waals surface area contributed by atoms with Gasteiger partial charge >= 0.3 is 0 Å². The fourth-order valence-electron chi connectivity index (χ4n) is 4.24. The van der Waals surface area contributed by atoms with Gasteiger partial charge in [-0.05, 0) is 59.4 Å². The monoisotopic (exact) mass is 375 g/mol. The molecule has 1 heterocycles. The molecule has 5 aromatic rings. The van der Waals surface area contributed by atoms with Crippen LogP contribution in [-0.4, -0.2) is 4.57 Å². The molecule has 0 saturated carbocycles. The molecule has 0 atom stereocenters. The summed E-state index contributed by atoms with van der Waals surface area (Å²) >= 11 is 0. The Balaban J connectivity index is 1.82. The third kappa shape index (κ3) is 3.03. The zero-order valence-corrected chi connectivity index (χ0v) is 17.2. The van der Waals surface area contributed by atoms with Crippen molar-refractivity contribution in [1.82, 2.24) is 4.57 Å². The lowest BCUT2D eigenvalue weighted by atomic mass is 9.97. The predicted molar refractivity (Wildman–Crippen MR) is 125 cm³/mol. The van der Waals surface area contributed by atoms with E-state index in [-0.39, 0.29) is 0 Å². The first-order valence-corrected chi connectivity index (χ1v) is 10.3. The van der Waals surface area contributed by atoms with Crippen LogP contribution >= 0.6 is 0 Å². The van der Waals surface area contributed by atoms with Crippen LogP contribution in [0.2, 0.25) is 0 Å². The van der Waals surface area contributed by atoms with Gasteiger partial charge in [0.15, 0.2) is 0 Å². The second-order valence-electron chi connectivity index (χ2n) is 8.20. The maximum atomic E-state index is 2.40. The van der Waals surface area contributed by atoms with E-state index in [0.717, 1.165) is 0 Å². The van der Waals surface area contributed by atoms with Gasteiger partial charge < -0.3 is 4.57 Å². The van der Waals surface area contributed by atoms with Crippen molar-refractivity contribution in [1.29, 1.82) is 0 Å². The minimum atomic E-state index is 0.525. The van der Waals surface area contributed by atoms with Crippen LogP contribution in [0.4, 0.5) is 0 Å². The van der Waals surface area contributed by atoms with Crippen molar-refractivity contribution in [2.24, 2.45) is 0 Å². The van der Waals surface area contributed by atoms with Crippen molar-refractivity contribution in [2.45, 2.75) is 26.7 Å². The molecule has 1 nitrogen and oxygen atoms in total. The highest BCUT2D eigenvalue weighted by molar-refractivity contribution is 6.10. The lowest BCUT2D eigenvalue weighted by Gasteiger charge is -2.11. The van der Waals surface area contributed by atoms with E-state index >= 15 is 0 Å². The number of para-hydroxylation sites is 1. The van der Waals surface area contributed by atoms with E-state index in [0.29, 0.717) is 5.92 Å². The van der Waals surface area contributed by atoms with E-state index in [9.17, 15) is 0 Å². The van der Waals surface area contributed by atoms with Gasteiger partial charge in [-0.25, -0.2) is 0 Å². The molecule has 142 valence electrons. The van der Waals surface area contributed by atoms with Crippen LogP contribution in [0.15, 0.2) is 91.0 Å². The fourth-order valence-corrected chi connectivity index (χ4v) is 4.24.